The molecule has 0 spiro atoms. The summed E-state index contributed by atoms with van der Waals surface area (Å²) in [5, 5.41) is 9.51. The predicted molar refractivity (Wildman–Crippen MR) is 48.5 cm³/mol. The van der Waals surface area contributed by atoms with E-state index in [1.54, 1.807) is 27.7 Å². The van der Waals surface area contributed by atoms with Crippen molar-refractivity contribution >= 4 is 6.16 Å². The quantitative estimate of drug-likeness (QED) is 0.688. The van der Waals surface area contributed by atoms with Crippen LogP contribution in [0.5, 0.6) is 0 Å². The van der Waals surface area contributed by atoms with Crippen molar-refractivity contribution in [3.8, 4) is 0 Å². The molecule has 0 aliphatic heterocycles. The molecule has 13 heavy (non-hydrogen) atoms. The molecule has 0 amide bonds. The topological polar surface area (TPSA) is 55.8 Å². The largest absolute Gasteiger partial charge is 0.508 e. The summed E-state index contributed by atoms with van der Waals surface area (Å²) >= 11 is 0. The molecule has 0 rings (SSSR count). The number of aliphatic hydroxyl groups is 1. The molecule has 0 saturated heterocycles. The van der Waals surface area contributed by atoms with Crippen LogP contribution in [-0.4, -0.2) is 29.6 Å². The third-order valence-electron chi connectivity index (χ3n) is 1.38. The smallest absolute Gasteiger partial charge is 0.438 e. The zero-order valence-corrected chi connectivity index (χ0v) is 8.88. The Morgan fingerprint density at radius 3 is 2.08 bits per heavy atom. The fraction of sp³-hybridized carbons (Fsp3) is 0.889. The third kappa shape index (κ3) is 6.40. The lowest BCUT2D eigenvalue weighted by atomic mass is 9.92. The SMILES string of the molecule is COC(=O)OC(C)(C)CC(C)(C)O. The molecule has 0 saturated carbocycles. The maximum Gasteiger partial charge on any atom is 0.508 e. The van der Waals surface area contributed by atoms with Gasteiger partial charge in [-0.15, -0.1) is 0 Å². The van der Waals surface area contributed by atoms with Crippen molar-refractivity contribution in [3.63, 3.8) is 0 Å². The van der Waals surface area contributed by atoms with Crippen LogP contribution >= 0.6 is 0 Å². The maximum atomic E-state index is 10.8. The van der Waals surface area contributed by atoms with Gasteiger partial charge in [0.2, 0.25) is 0 Å². The van der Waals surface area contributed by atoms with Crippen LogP contribution in [0.25, 0.3) is 0 Å². The molecule has 0 atom stereocenters. The first-order chi connectivity index (χ1) is 5.66. The zero-order chi connectivity index (χ0) is 10.7. The van der Waals surface area contributed by atoms with Gasteiger partial charge in [-0.25, -0.2) is 4.79 Å². The highest BCUT2D eigenvalue weighted by atomic mass is 16.7. The molecule has 0 fully saturated rings. The van der Waals surface area contributed by atoms with E-state index in [1.165, 1.54) is 7.11 Å². The zero-order valence-electron chi connectivity index (χ0n) is 8.88. The average Bonchev–Trinajstić information content (AvgIpc) is 1.80. The van der Waals surface area contributed by atoms with E-state index < -0.39 is 17.4 Å². The van der Waals surface area contributed by atoms with Crippen LogP contribution in [-0.2, 0) is 9.47 Å². The van der Waals surface area contributed by atoms with Gasteiger partial charge in [0.15, 0.2) is 0 Å². The Bertz CT molecular complexity index is 179. The van der Waals surface area contributed by atoms with Crippen molar-refractivity contribution in [2.75, 3.05) is 7.11 Å². The molecule has 0 unspecified atom stereocenters. The molecule has 0 aromatic heterocycles. The molecule has 4 nitrogen and oxygen atoms in total. The van der Waals surface area contributed by atoms with Crippen molar-refractivity contribution in [2.45, 2.75) is 45.3 Å². The molecule has 4 heteroatoms. The first-order valence-corrected chi connectivity index (χ1v) is 4.16. The maximum absolute atomic E-state index is 10.8. The molecule has 0 aliphatic rings. The molecule has 0 radical (unpaired) electrons. The van der Waals surface area contributed by atoms with Crippen molar-refractivity contribution < 1.29 is 19.4 Å². The molecule has 0 bridgehead atoms. The van der Waals surface area contributed by atoms with Crippen LogP contribution in [0, 0.1) is 0 Å². The Morgan fingerprint density at radius 1 is 1.31 bits per heavy atom. The molecule has 0 aromatic carbocycles. The van der Waals surface area contributed by atoms with Crippen LogP contribution in [0.1, 0.15) is 34.1 Å². The van der Waals surface area contributed by atoms with E-state index in [1.807, 2.05) is 0 Å². The second-order valence-electron chi connectivity index (χ2n) is 4.31. The minimum atomic E-state index is -0.864. The van der Waals surface area contributed by atoms with Crippen molar-refractivity contribution in [1.82, 2.24) is 0 Å². The van der Waals surface area contributed by atoms with Gasteiger partial charge in [0.25, 0.3) is 0 Å². The summed E-state index contributed by atoms with van der Waals surface area (Å²) in [6.45, 7) is 6.77. The summed E-state index contributed by atoms with van der Waals surface area (Å²) in [6, 6.07) is 0. The Hall–Kier alpha value is -0.770. The highest BCUT2D eigenvalue weighted by Gasteiger charge is 2.30. The average molecular weight is 190 g/mol. The minimum Gasteiger partial charge on any atom is -0.438 e. The lowest BCUT2D eigenvalue weighted by Crippen LogP contribution is -2.36. The lowest BCUT2D eigenvalue weighted by molar-refractivity contribution is -0.0551. The van der Waals surface area contributed by atoms with E-state index in [9.17, 15) is 9.90 Å². The Morgan fingerprint density at radius 2 is 1.77 bits per heavy atom. The van der Waals surface area contributed by atoms with Crippen molar-refractivity contribution in [2.24, 2.45) is 0 Å². The van der Waals surface area contributed by atoms with Gasteiger partial charge in [-0.1, -0.05) is 0 Å². The Labute approximate surface area is 78.8 Å². The Kier molecular flexibility index (Phi) is 3.72. The first kappa shape index (κ1) is 12.2. The molecule has 0 heterocycles. The fourth-order valence-electron chi connectivity index (χ4n) is 1.35. The van der Waals surface area contributed by atoms with Crippen LogP contribution in [0.2, 0.25) is 0 Å². The standard InChI is InChI=1S/C9H18O4/c1-8(2,11)6-9(3,4)13-7(10)12-5/h11H,6H2,1-5H3. The van der Waals surface area contributed by atoms with Gasteiger partial charge >= 0.3 is 6.16 Å². The number of hydrogen-bond donors (Lipinski definition) is 1. The lowest BCUT2D eigenvalue weighted by Gasteiger charge is -2.30. The number of hydrogen-bond acceptors (Lipinski definition) is 4. The predicted octanol–water partition coefficient (Wildman–Crippen LogP) is 1.71. The summed E-state index contributed by atoms with van der Waals surface area (Å²) in [7, 11) is 1.25. The van der Waals surface area contributed by atoms with Crippen LogP contribution in [0.3, 0.4) is 0 Å². The van der Waals surface area contributed by atoms with E-state index in [2.05, 4.69) is 4.74 Å². The second kappa shape index (κ2) is 3.96. The molecule has 78 valence electrons. The van der Waals surface area contributed by atoms with E-state index >= 15 is 0 Å². The van der Waals surface area contributed by atoms with Gasteiger partial charge in [-0.3, -0.25) is 0 Å². The minimum absolute atomic E-state index is 0.356. The Balaban J connectivity index is 4.16. The van der Waals surface area contributed by atoms with Crippen LogP contribution in [0.15, 0.2) is 0 Å². The summed E-state index contributed by atoms with van der Waals surface area (Å²) in [5.74, 6) is 0. The van der Waals surface area contributed by atoms with E-state index in [4.69, 9.17) is 4.74 Å². The molecule has 0 aromatic rings. The monoisotopic (exact) mass is 190 g/mol. The van der Waals surface area contributed by atoms with Crippen molar-refractivity contribution in [1.29, 1.82) is 0 Å². The number of carbonyl (C=O) groups excluding carboxylic acids is 1. The van der Waals surface area contributed by atoms with Gasteiger partial charge < -0.3 is 14.6 Å². The van der Waals surface area contributed by atoms with Crippen molar-refractivity contribution in [3.05, 3.63) is 0 Å². The van der Waals surface area contributed by atoms with E-state index in [-0.39, 0.29) is 0 Å². The highest BCUT2D eigenvalue weighted by molar-refractivity contribution is 5.60. The summed E-state index contributed by atoms with van der Waals surface area (Å²) in [5.41, 5.74) is -1.58. The molecule has 1 N–H and O–H groups in total. The molecule has 0 aliphatic carbocycles. The van der Waals surface area contributed by atoms with Gasteiger partial charge in [0.1, 0.15) is 5.60 Å². The third-order valence-corrected chi connectivity index (χ3v) is 1.38. The second-order valence-corrected chi connectivity index (χ2v) is 4.31. The van der Waals surface area contributed by atoms with Gasteiger partial charge in [0, 0.05) is 6.42 Å². The first-order valence-electron chi connectivity index (χ1n) is 4.16. The summed E-state index contributed by atoms with van der Waals surface area (Å²) < 4.78 is 9.30. The molecular formula is C9H18O4. The van der Waals surface area contributed by atoms with Crippen LogP contribution < -0.4 is 0 Å². The number of ether oxygens (including phenoxy) is 2. The number of methoxy groups -OCH3 is 1. The summed E-state index contributed by atoms with van der Waals surface area (Å²) in [4.78, 5) is 10.8. The number of rotatable bonds is 3. The van der Waals surface area contributed by atoms with E-state index in [0.717, 1.165) is 0 Å². The van der Waals surface area contributed by atoms with Crippen LogP contribution in [0.4, 0.5) is 4.79 Å². The highest BCUT2D eigenvalue weighted by Crippen LogP contribution is 2.23. The normalized spacial score (nSPS) is 12.5. The van der Waals surface area contributed by atoms with Gasteiger partial charge in [-0.2, -0.15) is 0 Å². The van der Waals surface area contributed by atoms with E-state index in [0.29, 0.717) is 6.42 Å². The summed E-state index contributed by atoms with van der Waals surface area (Å²) in [6.07, 6.45) is -0.371. The molecular weight excluding hydrogens is 172 g/mol. The number of carbonyl (C=O) groups is 1. The van der Waals surface area contributed by atoms with Gasteiger partial charge in [0.05, 0.1) is 12.7 Å². The fourth-order valence-corrected chi connectivity index (χ4v) is 1.35. The van der Waals surface area contributed by atoms with Gasteiger partial charge in [-0.05, 0) is 27.7 Å².